The molecule has 3 rings (SSSR count). The van der Waals surface area contributed by atoms with Crippen molar-refractivity contribution in [2.45, 2.75) is 45.3 Å². The van der Waals surface area contributed by atoms with Crippen molar-refractivity contribution in [1.29, 1.82) is 0 Å². The summed E-state index contributed by atoms with van der Waals surface area (Å²) in [7, 11) is 0. The maximum absolute atomic E-state index is 11.5. The van der Waals surface area contributed by atoms with Crippen LogP contribution in [0.3, 0.4) is 0 Å². The molecule has 108 valence electrons. The Balaban J connectivity index is 1.86. The van der Waals surface area contributed by atoms with Crippen LogP contribution in [0.25, 0.3) is 0 Å². The van der Waals surface area contributed by atoms with Crippen molar-refractivity contribution in [3.8, 4) is 0 Å². The predicted molar refractivity (Wildman–Crippen MR) is 73.0 cm³/mol. The standard InChI is InChI=1S/C14H19N3O3/c1-7-8(2)16-17-13(11(7)14(18)19)15-10-5-6-20-12(10)9-3-4-9/h9-10,12H,3-6H2,1-2H3,(H,15,17)(H,18,19). The van der Waals surface area contributed by atoms with Gasteiger partial charge in [0, 0.05) is 6.61 Å². The summed E-state index contributed by atoms with van der Waals surface area (Å²) in [5, 5.41) is 20.7. The molecule has 1 saturated carbocycles. The van der Waals surface area contributed by atoms with E-state index in [2.05, 4.69) is 15.5 Å². The molecule has 20 heavy (non-hydrogen) atoms. The van der Waals surface area contributed by atoms with E-state index in [1.807, 2.05) is 0 Å². The zero-order valence-corrected chi connectivity index (χ0v) is 11.7. The normalized spacial score (nSPS) is 25.7. The molecular formula is C14H19N3O3. The molecular weight excluding hydrogens is 258 g/mol. The number of hydrogen-bond donors (Lipinski definition) is 2. The van der Waals surface area contributed by atoms with Crippen LogP contribution in [0.15, 0.2) is 0 Å². The molecule has 1 saturated heterocycles. The lowest BCUT2D eigenvalue weighted by atomic mass is 10.0. The van der Waals surface area contributed by atoms with Crippen LogP contribution in [0.2, 0.25) is 0 Å². The van der Waals surface area contributed by atoms with E-state index in [9.17, 15) is 9.90 Å². The van der Waals surface area contributed by atoms with Gasteiger partial charge in [-0.2, -0.15) is 5.10 Å². The molecule has 2 aliphatic rings. The number of aromatic nitrogens is 2. The van der Waals surface area contributed by atoms with Crippen LogP contribution in [-0.2, 0) is 4.74 Å². The van der Waals surface area contributed by atoms with Crippen molar-refractivity contribution in [3.05, 3.63) is 16.8 Å². The van der Waals surface area contributed by atoms with E-state index < -0.39 is 5.97 Å². The van der Waals surface area contributed by atoms with Crippen LogP contribution in [-0.4, -0.2) is 40.0 Å². The minimum Gasteiger partial charge on any atom is -0.478 e. The molecule has 2 atom stereocenters. The molecule has 2 heterocycles. The maximum atomic E-state index is 11.5. The highest BCUT2D eigenvalue weighted by atomic mass is 16.5. The summed E-state index contributed by atoms with van der Waals surface area (Å²) in [6.45, 7) is 4.26. The number of nitrogens with zero attached hydrogens (tertiary/aromatic N) is 2. The number of anilines is 1. The van der Waals surface area contributed by atoms with Gasteiger partial charge in [-0.1, -0.05) is 0 Å². The Morgan fingerprint density at radius 3 is 2.70 bits per heavy atom. The molecule has 1 aliphatic heterocycles. The predicted octanol–water partition coefficient (Wildman–Crippen LogP) is 1.77. The molecule has 2 N–H and O–H groups in total. The Hall–Kier alpha value is -1.69. The monoisotopic (exact) mass is 277 g/mol. The smallest absolute Gasteiger partial charge is 0.339 e. The van der Waals surface area contributed by atoms with Crippen LogP contribution < -0.4 is 5.32 Å². The Kier molecular flexibility index (Phi) is 3.33. The molecule has 0 amide bonds. The highest BCUT2D eigenvalue weighted by Gasteiger charge is 2.41. The third-order valence-electron chi connectivity index (χ3n) is 4.21. The van der Waals surface area contributed by atoms with Gasteiger partial charge in [0.2, 0.25) is 0 Å². The lowest BCUT2D eigenvalue weighted by molar-refractivity contribution is 0.0695. The summed E-state index contributed by atoms with van der Waals surface area (Å²) in [5.74, 6) is 0.00872. The van der Waals surface area contributed by atoms with Crippen LogP contribution in [0, 0.1) is 19.8 Å². The SMILES string of the molecule is Cc1nnc(NC2CCOC2C2CC2)c(C(=O)O)c1C. The van der Waals surface area contributed by atoms with Crippen molar-refractivity contribution in [2.75, 3.05) is 11.9 Å². The van der Waals surface area contributed by atoms with E-state index in [0.717, 1.165) is 13.0 Å². The molecule has 1 aromatic heterocycles. The number of carboxylic acids is 1. The van der Waals surface area contributed by atoms with Crippen LogP contribution in [0.5, 0.6) is 0 Å². The Labute approximate surface area is 117 Å². The molecule has 0 aromatic carbocycles. The second kappa shape index (κ2) is 5.01. The first-order chi connectivity index (χ1) is 9.58. The summed E-state index contributed by atoms with van der Waals surface area (Å²) in [6, 6.07) is 0.136. The van der Waals surface area contributed by atoms with Gasteiger partial charge in [0.1, 0.15) is 5.56 Å². The second-order valence-electron chi connectivity index (χ2n) is 5.65. The number of aromatic carboxylic acids is 1. The number of hydrogen-bond acceptors (Lipinski definition) is 5. The molecule has 0 radical (unpaired) electrons. The number of rotatable bonds is 4. The van der Waals surface area contributed by atoms with Crippen LogP contribution in [0.4, 0.5) is 5.82 Å². The van der Waals surface area contributed by atoms with E-state index in [0.29, 0.717) is 23.0 Å². The molecule has 0 bridgehead atoms. The molecule has 1 aliphatic carbocycles. The second-order valence-corrected chi connectivity index (χ2v) is 5.65. The van der Waals surface area contributed by atoms with Gasteiger partial charge >= 0.3 is 5.97 Å². The van der Waals surface area contributed by atoms with Crippen LogP contribution >= 0.6 is 0 Å². The number of carbonyl (C=O) groups is 1. The first-order valence-electron chi connectivity index (χ1n) is 7.03. The molecule has 2 unspecified atom stereocenters. The quantitative estimate of drug-likeness (QED) is 0.872. The summed E-state index contributed by atoms with van der Waals surface area (Å²) in [4.78, 5) is 11.5. The summed E-state index contributed by atoms with van der Waals surface area (Å²) in [5.41, 5.74) is 1.53. The minimum absolute atomic E-state index is 0.136. The molecule has 2 fully saturated rings. The highest BCUT2D eigenvalue weighted by molar-refractivity contribution is 5.94. The first-order valence-corrected chi connectivity index (χ1v) is 7.03. The van der Waals surface area contributed by atoms with Gasteiger partial charge in [-0.05, 0) is 44.6 Å². The zero-order chi connectivity index (χ0) is 14.3. The minimum atomic E-state index is -0.968. The lowest BCUT2D eigenvalue weighted by Crippen LogP contribution is -2.32. The van der Waals surface area contributed by atoms with Gasteiger partial charge in [0.05, 0.1) is 17.8 Å². The third kappa shape index (κ3) is 2.35. The van der Waals surface area contributed by atoms with Crippen molar-refractivity contribution in [3.63, 3.8) is 0 Å². The Bertz CT molecular complexity index is 543. The highest BCUT2D eigenvalue weighted by Crippen LogP contribution is 2.39. The van der Waals surface area contributed by atoms with Gasteiger partial charge in [-0.15, -0.1) is 5.10 Å². The summed E-state index contributed by atoms with van der Waals surface area (Å²) in [6.07, 6.45) is 3.47. The summed E-state index contributed by atoms with van der Waals surface area (Å²) < 4.78 is 5.76. The van der Waals surface area contributed by atoms with Gasteiger partial charge < -0.3 is 15.2 Å². The lowest BCUT2D eigenvalue weighted by Gasteiger charge is -2.21. The molecule has 6 nitrogen and oxygen atoms in total. The molecule has 0 spiro atoms. The molecule has 1 aromatic rings. The van der Waals surface area contributed by atoms with Crippen molar-refractivity contribution in [2.24, 2.45) is 5.92 Å². The van der Waals surface area contributed by atoms with Crippen LogP contribution in [0.1, 0.15) is 40.9 Å². The van der Waals surface area contributed by atoms with Crippen molar-refractivity contribution < 1.29 is 14.6 Å². The number of carboxylic acid groups (broad SMARTS) is 1. The van der Waals surface area contributed by atoms with Crippen molar-refractivity contribution in [1.82, 2.24) is 10.2 Å². The van der Waals surface area contributed by atoms with E-state index >= 15 is 0 Å². The third-order valence-corrected chi connectivity index (χ3v) is 4.21. The first kappa shape index (κ1) is 13.3. The van der Waals surface area contributed by atoms with Crippen molar-refractivity contribution >= 4 is 11.8 Å². The number of nitrogens with one attached hydrogen (secondary N) is 1. The Morgan fingerprint density at radius 1 is 1.30 bits per heavy atom. The van der Waals surface area contributed by atoms with E-state index in [1.54, 1.807) is 13.8 Å². The maximum Gasteiger partial charge on any atom is 0.339 e. The van der Waals surface area contributed by atoms with E-state index in [-0.39, 0.29) is 17.7 Å². The van der Waals surface area contributed by atoms with Gasteiger partial charge in [0.15, 0.2) is 5.82 Å². The van der Waals surface area contributed by atoms with E-state index in [1.165, 1.54) is 12.8 Å². The van der Waals surface area contributed by atoms with Gasteiger partial charge in [-0.25, -0.2) is 4.79 Å². The largest absolute Gasteiger partial charge is 0.478 e. The average molecular weight is 277 g/mol. The fourth-order valence-electron chi connectivity index (χ4n) is 2.80. The topological polar surface area (TPSA) is 84.3 Å². The summed E-state index contributed by atoms with van der Waals surface area (Å²) >= 11 is 0. The van der Waals surface area contributed by atoms with Gasteiger partial charge in [-0.3, -0.25) is 0 Å². The zero-order valence-electron chi connectivity index (χ0n) is 11.7. The Morgan fingerprint density at radius 2 is 2.05 bits per heavy atom. The fraction of sp³-hybridized carbons (Fsp3) is 0.643. The van der Waals surface area contributed by atoms with Gasteiger partial charge in [0.25, 0.3) is 0 Å². The number of aryl methyl sites for hydroxylation is 1. The molecule has 6 heteroatoms. The average Bonchev–Trinajstić information content (AvgIpc) is 3.14. The fourth-order valence-corrected chi connectivity index (χ4v) is 2.80. The number of ether oxygens (including phenoxy) is 1. The van der Waals surface area contributed by atoms with E-state index in [4.69, 9.17) is 4.74 Å².